The number of amides is 2. The minimum absolute atomic E-state index is 0. The Morgan fingerprint density at radius 2 is 1.84 bits per heavy atom. The molecule has 0 aliphatic carbocycles. The molecule has 0 unspecified atom stereocenters. The summed E-state index contributed by atoms with van der Waals surface area (Å²) in [4.78, 5) is 47.0. The number of Topliss-reactive ketones (excluding diaryl/α,β-unsaturated/α-hetero) is 1. The highest BCUT2D eigenvalue weighted by atomic mass is 35.5. The molecule has 0 saturated carbocycles. The number of nitrogens with two attached hydrogens (primary N) is 2. The van der Waals surface area contributed by atoms with Crippen molar-refractivity contribution in [2.45, 2.75) is 85.7 Å². The summed E-state index contributed by atoms with van der Waals surface area (Å²) in [6.07, 6.45) is 0.217. The number of rotatable bonds is 12. The fraction of sp³-hybridized carbons (Fsp3) is 0.517. The van der Waals surface area contributed by atoms with E-state index >= 15 is 0 Å². The number of nitrogens with one attached hydrogen (secondary N) is 1. The van der Waals surface area contributed by atoms with Crippen molar-refractivity contribution in [1.29, 1.82) is 0 Å². The number of hydrogen-bond acceptors (Lipinski definition) is 9. The van der Waals surface area contributed by atoms with Crippen LogP contribution in [0.15, 0.2) is 18.2 Å². The van der Waals surface area contributed by atoms with Crippen molar-refractivity contribution >= 4 is 52.1 Å². The number of hydrogen-bond donors (Lipinski definition) is 3. The monoisotopic (exact) mass is 652 g/mol. The second kappa shape index (κ2) is 15.2. The summed E-state index contributed by atoms with van der Waals surface area (Å²) < 4.78 is 15.5. The molecule has 0 radical (unpaired) electrons. The van der Waals surface area contributed by atoms with Crippen molar-refractivity contribution in [2.75, 3.05) is 25.1 Å². The predicted molar refractivity (Wildman–Crippen MR) is 164 cm³/mol. The lowest BCUT2D eigenvalue weighted by atomic mass is 10.1. The second-order valence-corrected chi connectivity index (χ2v) is 11.4. The number of ketones is 1. The van der Waals surface area contributed by atoms with Gasteiger partial charge in [-0.1, -0.05) is 11.6 Å². The maximum Gasteiger partial charge on any atom is 0.410 e. The van der Waals surface area contributed by atoms with Crippen LogP contribution in [0.5, 0.6) is 5.75 Å². The second-order valence-electron chi connectivity index (χ2n) is 11.1. The number of carbonyl (C=O) groups is 3. The summed E-state index contributed by atoms with van der Waals surface area (Å²) in [7, 11) is 1.56. The number of fused-ring (bicyclic) bond motifs is 1. The first-order valence-corrected chi connectivity index (χ1v) is 14.6. The lowest BCUT2D eigenvalue weighted by Crippen LogP contribution is -3.00. The topological polar surface area (TPSA) is 172 Å². The number of nitrogens with zero attached hydrogens (tertiary/aromatic N) is 5. The molecule has 15 heteroatoms. The zero-order valence-electron chi connectivity index (χ0n) is 26.2. The fourth-order valence-corrected chi connectivity index (χ4v) is 4.69. The number of likely N-dealkylation sites (N-methyl/N-ethyl adjacent to an activating group) is 1. The number of ether oxygens (including phenoxy) is 2. The van der Waals surface area contributed by atoms with E-state index in [1.165, 1.54) is 4.90 Å². The molecule has 0 fully saturated rings. The molecule has 1 atom stereocenters. The van der Waals surface area contributed by atoms with Crippen LogP contribution in [0.25, 0.3) is 11.0 Å². The Kier molecular flexibility index (Phi) is 12.6. The predicted octanol–water partition coefficient (Wildman–Crippen LogP) is 0.494. The van der Waals surface area contributed by atoms with Gasteiger partial charge in [-0.25, -0.2) is 23.9 Å². The van der Waals surface area contributed by atoms with Crippen LogP contribution in [-0.2, 0) is 29.2 Å². The maximum atomic E-state index is 12.9. The summed E-state index contributed by atoms with van der Waals surface area (Å²) >= 11 is 5.94. The number of benzene rings is 1. The van der Waals surface area contributed by atoms with E-state index < -0.39 is 23.6 Å². The summed E-state index contributed by atoms with van der Waals surface area (Å²) in [5.41, 5.74) is 12.6. The van der Waals surface area contributed by atoms with Gasteiger partial charge in [-0.3, -0.25) is 9.59 Å². The highest BCUT2D eigenvalue weighted by Gasteiger charge is 2.27. The van der Waals surface area contributed by atoms with Crippen LogP contribution in [-0.4, -0.2) is 62.5 Å². The van der Waals surface area contributed by atoms with Gasteiger partial charge in [-0.15, -0.1) is 0 Å². The highest BCUT2D eigenvalue weighted by Crippen LogP contribution is 2.23. The van der Waals surface area contributed by atoms with E-state index in [4.69, 9.17) is 32.5 Å². The Bertz CT molecular complexity index is 1510. The first-order valence-electron chi connectivity index (χ1n) is 14.2. The summed E-state index contributed by atoms with van der Waals surface area (Å²) in [5.74, 6) is 0.781. The lowest BCUT2D eigenvalue weighted by molar-refractivity contribution is -0.676. The Morgan fingerprint density at radius 1 is 1.16 bits per heavy atom. The smallest absolute Gasteiger partial charge is 0.410 e. The molecule has 3 rings (SSSR count). The van der Waals surface area contributed by atoms with Gasteiger partial charge in [0.2, 0.25) is 0 Å². The van der Waals surface area contributed by atoms with Crippen LogP contribution in [0, 0.1) is 0 Å². The molecule has 44 heavy (non-hydrogen) atoms. The molecule has 3 aromatic rings. The van der Waals surface area contributed by atoms with Crippen LogP contribution in [0.2, 0.25) is 5.15 Å². The largest absolute Gasteiger partial charge is 1.00 e. The summed E-state index contributed by atoms with van der Waals surface area (Å²) in [6, 6.07) is 5.19. The average molecular weight is 654 g/mol. The average Bonchev–Trinajstić information content (AvgIpc) is 3.25. The van der Waals surface area contributed by atoms with Crippen LogP contribution in [0.4, 0.5) is 16.4 Å². The minimum atomic E-state index is -0.637. The number of halogens is 2. The molecule has 0 bridgehead atoms. The summed E-state index contributed by atoms with van der Waals surface area (Å²) in [6.45, 7) is 12.9. The summed E-state index contributed by atoms with van der Waals surface area (Å²) in [5, 5.41) is 2.76. The molecule has 2 amide bonds. The van der Waals surface area contributed by atoms with Crippen molar-refractivity contribution in [2.24, 2.45) is 0 Å². The van der Waals surface area contributed by atoms with Crippen molar-refractivity contribution in [3.63, 3.8) is 0 Å². The molecular formula is C29H42Cl2N8O5. The fourth-order valence-electron chi connectivity index (χ4n) is 4.56. The zero-order valence-corrected chi connectivity index (χ0v) is 27.8. The number of anilines is 2. The van der Waals surface area contributed by atoms with Crippen molar-refractivity contribution < 1.29 is 40.8 Å². The SMILES string of the molecule is CCn1c(CNC(=O)c2nc(Cl)c(N)nc2N)[n+](CC)c2ccc(OCCCC(=O)[C@H](C)N(C)C(=O)OC(C)(C)C)cc21.[Cl-]. The van der Waals surface area contributed by atoms with E-state index in [0.29, 0.717) is 31.9 Å². The van der Waals surface area contributed by atoms with E-state index in [-0.39, 0.29) is 53.6 Å². The molecule has 13 nitrogen and oxygen atoms in total. The van der Waals surface area contributed by atoms with Gasteiger partial charge in [-0.05, 0) is 60.1 Å². The van der Waals surface area contributed by atoms with Crippen molar-refractivity contribution in [3.05, 3.63) is 34.9 Å². The Balaban J connectivity index is 0.00000675. The van der Waals surface area contributed by atoms with Gasteiger partial charge < -0.3 is 43.6 Å². The zero-order chi connectivity index (χ0) is 32.1. The quantitative estimate of drug-likeness (QED) is 0.186. The molecule has 0 aliphatic rings. The third-order valence-corrected chi connectivity index (χ3v) is 7.15. The van der Waals surface area contributed by atoms with Crippen LogP contribution < -0.4 is 38.5 Å². The number of aryl methyl sites for hydroxylation is 2. The van der Waals surface area contributed by atoms with Gasteiger partial charge in [-0.2, -0.15) is 0 Å². The van der Waals surface area contributed by atoms with E-state index in [2.05, 4.69) is 24.4 Å². The molecule has 5 N–H and O–H groups in total. The lowest BCUT2D eigenvalue weighted by Gasteiger charge is -2.28. The van der Waals surface area contributed by atoms with Crippen LogP contribution >= 0.6 is 11.6 Å². The van der Waals surface area contributed by atoms with Gasteiger partial charge in [0.05, 0.1) is 25.7 Å². The minimum Gasteiger partial charge on any atom is -1.00 e. The third-order valence-electron chi connectivity index (χ3n) is 6.88. The van der Waals surface area contributed by atoms with E-state index in [1.807, 2.05) is 32.0 Å². The molecule has 2 heterocycles. The highest BCUT2D eigenvalue weighted by molar-refractivity contribution is 6.31. The van der Waals surface area contributed by atoms with Crippen molar-refractivity contribution in [1.82, 2.24) is 24.8 Å². The van der Waals surface area contributed by atoms with Gasteiger partial charge in [0, 0.05) is 19.5 Å². The van der Waals surface area contributed by atoms with Gasteiger partial charge in [0.25, 0.3) is 11.7 Å². The van der Waals surface area contributed by atoms with Crippen LogP contribution in [0.3, 0.4) is 0 Å². The number of carbonyl (C=O) groups excluding carboxylic acids is 3. The Hall–Kier alpha value is -3.84. The van der Waals surface area contributed by atoms with Crippen LogP contribution in [0.1, 0.15) is 70.7 Å². The molecular weight excluding hydrogens is 611 g/mol. The first-order chi connectivity index (χ1) is 20.2. The van der Waals surface area contributed by atoms with Gasteiger partial charge in [0.15, 0.2) is 39.3 Å². The molecule has 0 aliphatic heterocycles. The van der Waals surface area contributed by atoms with Gasteiger partial charge in [0.1, 0.15) is 17.9 Å². The number of imidazole rings is 1. The Labute approximate surface area is 268 Å². The standard InChI is InChI=1S/C29H41ClN8O5.ClH/c1-8-37-19-13-12-18(42-14-10-11-21(39)17(3)36(7)28(41)43-29(4,5)6)15-20(19)38(9-2)22(37)16-33-27(40)23-25(31)35-26(32)24(30)34-23;/h12-13,15,17H,8-11,14,16H2,1-7H3,(H4-,31,32,33,35,40);1H/t17-;/m0./s1. The number of nitrogen functional groups attached to an aromatic ring is 2. The molecule has 0 saturated heterocycles. The Morgan fingerprint density at radius 3 is 2.45 bits per heavy atom. The maximum absolute atomic E-state index is 12.9. The van der Waals surface area contributed by atoms with Crippen molar-refractivity contribution in [3.8, 4) is 5.75 Å². The third kappa shape index (κ3) is 8.63. The molecule has 1 aromatic carbocycles. The van der Waals surface area contributed by atoms with E-state index in [0.717, 1.165) is 16.9 Å². The molecule has 242 valence electrons. The number of aromatic nitrogens is 4. The van der Waals surface area contributed by atoms with E-state index in [9.17, 15) is 14.4 Å². The first kappa shape index (κ1) is 36.4. The van der Waals surface area contributed by atoms with Gasteiger partial charge >= 0.3 is 6.09 Å². The normalized spacial score (nSPS) is 11.9. The molecule has 2 aromatic heterocycles. The van der Waals surface area contributed by atoms with E-state index in [1.54, 1.807) is 34.7 Å². The molecule has 0 spiro atoms.